The first kappa shape index (κ1) is 23.4. The van der Waals surface area contributed by atoms with Gasteiger partial charge in [0, 0.05) is 9.13 Å². The lowest BCUT2D eigenvalue weighted by atomic mass is 10.2. The highest BCUT2D eigenvalue weighted by atomic mass is 127. The highest BCUT2D eigenvalue weighted by Crippen LogP contribution is 2.37. The maximum absolute atomic E-state index is 6.06. The predicted molar refractivity (Wildman–Crippen MR) is 136 cm³/mol. The fourth-order valence-electron chi connectivity index (χ4n) is 2.90. The maximum Gasteiger partial charge on any atom is 0.175 e. The Kier molecular flexibility index (Phi) is 9.02. The first-order valence-corrected chi connectivity index (χ1v) is 11.7. The Morgan fingerprint density at radius 3 is 2.55 bits per heavy atom. The molecule has 1 N–H and O–H groups in total. The minimum Gasteiger partial charge on any atom is -0.496 e. The summed E-state index contributed by atoms with van der Waals surface area (Å²) in [7, 11) is 1.66. The van der Waals surface area contributed by atoms with Crippen molar-refractivity contribution < 1.29 is 14.2 Å². The molecule has 0 radical (unpaired) electrons. The van der Waals surface area contributed by atoms with E-state index in [0.29, 0.717) is 31.3 Å². The van der Waals surface area contributed by atoms with Crippen molar-refractivity contribution in [1.82, 2.24) is 5.43 Å². The van der Waals surface area contributed by atoms with Gasteiger partial charge in [-0.05, 0) is 86.9 Å². The number of hydrogen-bond donors (Lipinski definition) is 1. The molecule has 0 fully saturated rings. The average molecular weight is 595 g/mol. The van der Waals surface area contributed by atoms with Crippen molar-refractivity contribution in [3.05, 3.63) is 85.4 Å². The monoisotopic (exact) mass is 594 g/mol. The SMILES string of the molecule is CCOc1cc(/C=N\NCc2ccccc2OC)cc(Br)c1OCc1ccc(I)cc1. The number of rotatable bonds is 10. The molecule has 0 saturated carbocycles. The normalized spacial score (nSPS) is 10.8. The van der Waals surface area contributed by atoms with E-state index < -0.39 is 0 Å². The topological polar surface area (TPSA) is 52.1 Å². The molecule has 0 aliphatic heterocycles. The average Bonchev–Trinajstić information content (AvgIpc) is 2.78. The molecule has 0 aliphatic carbocycles. The van der Waals surface area contributed by atoms with E-state index in [-0.39, 0.29) is 0 Å². The quantitative estimate of drug-likeness (QED) is 0.173. The number of ether oxygens (including phenoxy) is 3. The molecule has 3 aromatic rings. The lowest BCUT2D eigenvalue weighted by Gasteiger charge is -2.15. The number of benzene rings is 3. The van der Waals surface area contributed by atoms with Gasteiger partial charge in [0.1, 0.15) is 12.4 Å². The Balaban J connectivity index is 1.68. The van der Waals surface area contributed by atoms with Gasteiger partial charge in [-0.15, -0.1) is 0 Å². The molecule has 0 saturated heterocycles. The van der Waals surface area contributed by atoms with Gasteiger partial charge in [0.15, 0.2) is 11.5 Å². The molecule has 7 heteroatoms. The summed E-state index contributed by atoms with van der Waals surface area (Å²) in [5, 5.41) is 4.34. The summed E-state index contributed by atoms with van der Waals surface area (Å²) in [5.41, 5.74) is 6.09. The molecule has 0 atom stereocenters. The summed E-state index contributed by atoms with van der Waals surface area (Å²) in [6, 6.07) is 20.0. The smallest absolute Gasteiger partial charge is 0.175 e. The van der Waals surface area contributed by atoms with E-state index in [4.69, 9.17) is 14.2 Å². The third kappa shape index (κ3) is 6.87. The molecular formula is C24H24BrIN2O3. The third-order valence-electron chi connectivity index (χ3n) is 4.40. The van der Waals surface area contributed by atoms with E-state index >= 15 is 0 Å². The Morgan fingerprint density at radius 2 is 1.81 bits per heavy atom. The summed E-state index contributed by atoms with van der Waals surface area (Å²) in [6.07, 6.45) is 1.76. The van der Waals surface area contributed by atoms with E-state index in [1.54, 1.807) is 13.3 Å². The zero-order valence-electron chi connectivity index (χ0n) is 17.4. The van der Waals surface area contributed by atoms with E-state index in [1.807, 2.05) is 43.3 Å². The van der Waals surface area contributed by atoms with E-state index in [0.717, 1.165) is 26.9 Å². The first-order chi connectivity index (χ1) is 15.1. The number of hydrogen-bond acceptors (Lipinski definition) is 5. The number of nitrogens with one attached hydrogen (secondary N) is 1. The van der Waals surface area contributed by atoms with Crippen LogP contribution in [-0.4, -0.2) is 19.9 Å². The Hall–Kier alpha value is -2.26. The molecule has 0 unspecified atom stereocenters. The summed E-state index contributed by atoms with van der Waals surface area (Å²) < 4.78 is 19.3. The molecule has 3 rings (SSSR count). The minimum absolute atomic E-state index is 0.462. The zero-order chi connectivity index (χ0) is 22.1. The summed E-state index contributed by atoms with van der Waals surface area (Å²) in [4.78, 5) is 0. The summed E-state index contributed by atoms with van der Waals surface area (Å²) in [5.74, 6) is 2.19. The highest BCUT2D eigenvalue weighted by Gasteiger charge is 2.12. The van der Waals surface area contributed by atoms with Gasteiger partial charge in [-0.2, -0.15) is 5.10 Å². The lowest BCUT2D eigenvalue weighted by molar-refractivity contribution is 0.267. The molecule has 0 heterocycles. The van der Waals surface area contributed by atoms with E-state index in [1.165, 1.54) is 3.57 Å². The minimum atomic E-state index is 0.462. The highest BCUT2D eigenvalue weighted by molar-refractivity contribution is 14.1. The van der Waals surface area contributed by atoms with Gasteiger partial charge in [0.25, 0.3) is 0 Å². The van der Waals surface area contributed by atoms with Gasteiger partial charge in [-0.25, -0.2) is 0 Å². The zero-order valence-corrected chi connectivity index (χ0v) is 21.1. The second-order valence-corrected chi connectivity index (χ2v) is 8.68. The van der Waals surface area contributed by atoms with Crippen molar-refractivity contribution in [3.63, 3.8) is 0 Å². The van der Waals surface area contributed by atoms with Crippen molar-refractivity contribution >= 4 is 44.7 Å². The number of hydrazone groups is 1. The van der Waals surface area contributed by atoms with Gasteiger partial charge < -0.3 is 19.6 Å². The molecule has 5 nitrogen and oxygen atoms in total. The van der Waals surface area contributed by atoms with Crippen LogP contribution in [-0.2, 0) is 13.2 Å². The molecule has 0 aliphatic rings. The van der Waals surface area contributed by atoms with Crippen molar-refractivity contribution in [2.24, 2.45) is 5.10 Å². The molecular weight excluding hydrogens is 571 g/mol. The van der Waals surface area contributed by atoms with Gasteiger partial charge in [-0.3, -0.25) is 0 Å². The summed E-state index contributed by atoms with van der Waals surface area (Å²) >= 11 is 5.90. The van der Waals surface area contributed by atoms with Gasteiger partial charge in [-0.1, -0.05) is 30.3 Å². The van der Waals surface area contributed by atoms with Crippen LogP contribution < -0.4 is 19.6 Å². The lowest BCUT2D eigenvalue weighted by Crippen LogP contribution is -2.07. The van der Waals surface area contributed by atoms with Crippen LogP contribution >= 0.6 is 38.5 Å². The van der Waals surface area contributed by atoms with E-state index in [9.17, 15) is 0 Å². The predicted octanol–water partition coefficient (Wildman–Crippen LogP) is 6.16. The second-order valence-electron chi connectivity index (χ2n) is 6.58. The molecule has 31 heavy (non-hydrogen) atoms. The fourth-order valence-corrected chi connectivity index (χ4v) is 3.84. The van der Waals surface area contributed by atoms with Crippen molar-refractivity contribution in [2.75, 3.05) is 13.7 Å². The van der Waals surface area contributed by atoms with Gasteiger partial charge in [0.05, 0.1) is 30.9 Å². The number of halogens is 2. The number of methoxy groups -OCH3 is 1. The second kappa shape index (κ2) is 12.0. The van der Waals surface area contributed by atoms with Gasteiger partial charge in [0.2, 0.25) is 0 Å². The van der Waals surface area contributed by atoms with Crippen molar-refractivity contribution in [1.29, 1.82) is 0 Å². The van der Waals surface area contributed by atoms with Crippen LogP contribution in [0.3, 0.4) is 0 Å². The number of nitrogens with zero attached hydrogens (tertiary/aromatic N) is 1. The van der Waals surface area contributed by atoms with Crippen LogP contribution in [0.5, 0.6) is 17.2 Å². The Morgan fingerprint density at radius 1 is 1.03 bits per heavy atom. The Labute approximate surface area is 205 Å². The van der Waals surface area contributed by atoms with E-state index in [2.05, 4.69) is 73.3 Å². The molecule has 3 aromatic carbocycles. The first-order valence-electron chi connectivity index (χ1n) is 9.82. The maximum atomic E-state index is 6.06. The molecule has 0 amide bonds. The van der Waals surface area contributed by atoms with Crippen LogP contribution in [0, 0.1) is 3.57 Å². The van der Waals surface area contributed by atoms with Crippen LogP contribution in [0.4, 0.5) is 0 Å². The van der Waals surface area contributed by atoms with Crippen LogP contribution in [0.25, 0.3) is 0 Å². The van der Waals surface area contributed by atoms with Crippen LogP contribution in [0.2, 0.25) is 0 Å². The summed E-state index contributed by atoms with van der Waals surface area (Å²) in [6.45, 7) is 3.52. The van der Waals surface area contributed by atoms with Crippen molar-refractivity contribution in [2.45, 2.75) is 20.1 Å². The largest absolute Gasteiger partial charge is 0.496 e. The van der Waals surface area contributed by atoms with Gasteiger partial charge >= 0.3 is 0 Å². The molecule has 0 spiro atoms. The third-order valence-corrected chi connectivity index (χ3v) is 5.70. The number of para-hydroxylation sites is 1. The van der Waals surface area contributed by atoms with Crippen molar-refractivity contribution in [3.8, 4) is 17.2 Å². The fraction of sp³-hybridized carbons (Fsp3) is 0.208. The van der Waals surface area contributed by atoms with Crippen LogP contribution in [0.15, 0.2) is 70.2 Å². The standard InChI is InChI=1S/C24H24BrIN2O3/c1-3-30-23-13-18(14-27-28-15-19-6-4-5-7-22(19)29-2)12-21(25)24(23)31-16-17-8-10-20(26)11-9-17/h4-14,28H,3,15-16H2,1-2H3/b27-14-. The molecule has 0 aromatic heterocycles. The molecule has 162 valence electrons. The van der Waals surface area contributed by atoms with Crippen LogP contribution in [0.1, 0.15) is 23.6 Å². The Bertz CT molecular complexity index is 1030. The molecule has 0 bridgehead atoms.